The summed E-state index contributed by atoms with van der Waals surface area (Å²) in [4.78, 5) is 29.9. The molecule has 1 amide bonds. The number of rotatable bonds is 5. The van der Waals surface area contributed by atoms with Gasteiger partial charge in [-0.3, -0.25) is 10.1 Å². The number of H-pyrrole nitrogens is 1. The monoisotopic (exact) mass is 268 g/mol. The van der Waals surface area contributed by atoms with Crippen molar-refractivity contribution in [3.8, 4) is 0 Å². The third kappa shape index (κ3) is 3.09. The zero-order valence-electron chi connectivity index (χ0n) is 10.2. The highest BCUT2D eigenvalue weighted by Gasteiger charge is 2.28. The van der Waals surface area contributed by atoms with E-state index in [2.05, 4.69) is 20.6 Å². The number of imidazole rings is 1. The first-order chi connectivity index (χ1) is 9.11. The number of nitrogens with zero attached hydrogens (tertiary/aromatic N) is 1. The highest BCUT2D eigenvalue weighted by atomic mass is 16.4. The number of carboxylic acids is 1. The molecule has 0 saturated heterocycles. The smallest absolute Gasteiger partial charge is 0.326 e. The van der Waals surface area contributed by atoms with E-state index in [0.29, 0.717) is 13.0 Å². The van der Waals surface area contributed by atoms with Crippen LogP contribution in [0.2, 0.25) is 0 Å². The number of aliphatic hydroxyl groups excluding tert-OH is 1. The number of nitrogens with one attached hydrogen (secondary N) is 3. The summed E-state index contributed by atoms with van der Waals surface area (Å²) in [7, 11) is 0. The molecule has 19 heavy (non-hydrogen) atoms. The first-order valence-electron chi connectivity index (χ1n) is 6.00. The van der Waals surface area contributed by atoms with Crippen molar-refractivity contribution in [1.29, 1.82) is 0 Å². The van der Waals surface area contributed by atoms with Gasteiger partial charge in [-0.05, 0) is 0 Å². The molecule has 8 nitrogen and oxygen atoms in total. The Labute approximate surface area is 109 Å². The van der Waals surface area contributed by atoms with Gasteiger partial charge in [-0.15, -0.1) is 0 Å². The zero-order valence-corrected chi connectivity index (χ0v) is 10.2. The molecule has 0 bridgehead atoms. The molecule has 0 aliphatic carbocycles. The fraction of sp³-hybridized carbons (Fsp3) is 0.545. The van der Waals surface area contributed by atoms with Gasteiger partial charge in [0.05, 0.1) is 23.8 Å². The van der Waals surface area contributed by atoms with E-state index >= 15 is 0 Å². The van der Waals surface area contributed by atoms with Crippen LogP contribution in [0.25, 0.3) is 0 Å². The van der Waals surface area contributed by atoms with Crippen molar-refractivity contribution in [1.82, 2.24) is 20.6 Å². The Hall–Kier alpha value is -1.93. The molecule has 0 radical (unpaired) electrons. The predicted octanol–water partition coefficient (Wildman–Crippen LogP) is -1.62. The second kappa shape index (κ2) is 5.81. The maximum atomic E-state index is 12.0. The lowest BCUT2D eigenvalue weighted by molar-refractivity contribution is -0.142. The minimum Gasteiger partial charge on any atom is -0.480 e. The van der Waals surface area contributed by atoms with Crippen molar-refractivity contribution in [3.05, 3.63) is 17.7 Å². The summed E-state index contributed by atoms with van der Waals surface area (Å²) in [6.45, 7) is 0.198. The lowest BCUT2D eigenvalue weighted by Crippen LogP contribution is -2.52. The Kier molecular flexibility index (Phi) is 4.13. The Morgan fingerprint density at radius 2 is 2.37 bits per heavy atom. The van der Waals surface area contributed by atoms with Gasteiger partial charge in [0.2, 0.25) is 5.91 Å². The number of aliphatic hydroxyl groups is 1. The number of aromatic amines is 1. The van der Waals surface area contributed by atoms with Crippen LogP contribution in [-0.4, -0.2) is 50.7 Å². The molecule has 2 heterocycles. The number of hydrogen-bond donors (Lipinski definition) is 5. The third-order valence-electron chi connectivity index (χ3n) is 3.08. The quantitative estimate of drug-likeness (QED) is 0.436. The van der Waals surface area contributed by atoms with Gasteiger partial charge in [0.25, 0.3) is 0 Å². The number of amides is 1. The van der Waals surface area contributed by atoms with E-state index in [1.54, 1.807) is 6.33 Å². The topological polar surface area (TPSA) is 127 Å². The molecular formula is C11H16N4O4. The predicted molar refractivity (Wildman–Crippen MR) is 64.2 cm³/mol. The van der Waals surface area contributed by atoms with Crippen LogP contribution in [0.3, 0.4) is 0 Å². The maximum absolute atomic E-state index is 12.0. The number of fused-ring (bicyclic) bond motifs is 1. The number of carbonyl (C=O) groups excluding carboxylic acids is 1. The molecule has 8 heteroatoms. The lowest BCUT2D eigenvalue weighted by Gasteiger charge is -2.24. The van der Waals surface area contributed by atoms with Crippen molar-refractivity contribution >= 4 is 11.9 Å². The average molecular weight is 268 g/mol. The first kappa shape index (κ1) is 13.5. The molecular weight excluding hydrogens is 252 g/mol. The van der Waals surface area contributed by atoms with Crippen molar-refractivity contribution in [2.75, 3.05) is 6.61 Å². The molecule has 1 aliphatic heterocycles. The van der Waals surface area contributed by atoms with Crippen LogP contribution in [0.1, 0.15) is 17.8 Å². The molecule has 2 unspecified atom stereocenters. The van der Waals surface area contributed by atoms with Gasteiger partial charge in [-0.2, -0.15) is 0 Å². The summed E-state index contributed by atoms with van der Waals surface area (Å²) in [5.41, 5.74) is 1.75. The summed E-state index contributed by atoms with van der Waals surface area (Å²) in [5, 5.41) is 23.1. The van der Waals surface area contributed by atoms with Gasteiger partial charge >= 0.3 is 5.97 Å². The molecule has 2 rings (SSSR count). The molecule has 0 saturated carbocycles. The van der Waals surface area contributed by atoms with Crippen molar-refractivity contribution < 1.29 is 19.8 Å². The molecule has 5 N–H and O–H groups in total. The van der Waals surface area contributed by atoms with Crippen LogP contribution in [0, 0.1) is 0 Å². The fourth-order valence-corrected chi connectivity index (χ4v) is 2.01. The van der Waals surface area contributed by atoms with Crippen LogP contribution in [-0.2, 0) is 22.6 Å². The molecule has 1 aromatic heterocycles. The van der Waals surface area contributed by atoms with E-state index in [9.17, 15) is 9.59 Å². The third-order valence-corrected chi connectivity index (χ3v) is 3.08. The Bertz CT molecular complexity index is 473. The second-order valence-corrected chi connectivity index (χ2v) is 4.38. The standard InChI is InChI=1S/C11H16N4O4/c16-2-1-6(11(18)19)15-10(17)8-3-7-9(4-12-8)14-5-13-7/h5-6,8,12,16H,1-4H2,(H,13,14)(H,15,17)(H,18,19). The van der Waals surface area contributed by atoms with Crippen molar-refractivity contribution in [3.63, 3.8) is 0 Å². The van der Waals surface area contributed by atoms with Gasteiger partial charge in [0.15, 0.2) is 0 Å². The molecule has 2 atom stereocenters. The fourth-order valence-electron chi connectivity index (χ4n) is 2.01. The summed E-state index contributed by atoms with van der Waals surface area (Å²) in [5.74, 6) is -1.55. The Balaban J connectivity index is 1.95. The second-order valence-electron chi connectivity index (χ2n) is 4.38. The molecule has 104 valence electrons. The number of hydrogen-bond acceptors (Lipinski definition) is 5. The molecule has 0 spiro atoms. The Morgan fingerprint density at radius 3 is 3.05 bits per heavy atom. The summed E-state index contributed by atoms with van der Waals surface area (Å²) < 4.78 is 0. The highest BCUT2D eigenvalue weighted by molar-refractivity contribution is 5.87. The van der Waals surface area contributed by atoms with Gasteiger partial charge in [0.1, 0.15) is 6.04 Å². The lowest BCUT2D eigenvalue weighted by atomic mass is 10.0. The minimum absolute atomic E-state index is 0.0125. The Morgan fingerprint density at radius 1 is 1.58 bits per heavy atom. The summed E-state index contributed by atoms with van der Waals surface area (Å²) in [6.07, 6.45) is 1.97. The van der Waals surface area contributed by atoms with Gasteiger partial charge in [0, 0.05) is 26.0 Å². The van der Waals surface area contributed by atoms with Crippen LogP contribution in [0.5, 0.6) is 0 Å². The van der Waals surface area contributed by atoms with E-state index in [0.717, 1.165) is 11.4 Å². The van der Waals surface area contributed by atoms with Gasteiger partial charge in [-0.25, -0.2) is 9.78 Å². The normalized spacial score (nSPS) is 19.5. The largest absolute Gasteiger partial charge is 0.480 e. The number of aromatic nitrogens is 2. The molecule has 0 fully saturated rings. The summed E-state index contributed by atoms with van der Waals surface area (Å²) >= 11 is 0. The van der Waals surface area contributed by atoms with Crippen molar-refractivity contribution in [2.24, 2.45) is 0 Å². The number of aliphatic carboxylic acids is 1. The van der Waals surface area contributed by atoms with Crippen LogP contribution in [0.15, 0.2) is 6.33 Å². The van der Waals surface area contributed by atoms with Crippen LogP contribution in [0.4, 0.5) is 0 Å². The number of carbonyl (C=O) groups is 2. The van der Waals surface area contributed by atoms with Crippen LogP contribution >= 0.6 is 0 Å². The molecule has 1 aromatic rings. The maximum Gasteiger partial charge on any atom is 0.326 e. The molecule has 0 aromatic carbocycles. The van der Waals surface area contributed by atoms with Gasteiger partial charge in [-0.1, -0.05) is 0 Å². The zero-order chi connectivity index (χ0) is 13.8. The molecule has 1 aliphatic rings. The van der Waals surface area contributed by atoms with Gasteiger partial charge < -0.3 is 20.5 Å². The van der Waals surface area contributed by atoms with Crippen LogP contribution < -0.4 is 10.6 Å². The van der Waals surface area contributed by atoms with E-state index in [-0.39, 0.29) is 13.0 Å². The van der Waals surface area contributed by atoms with E-state index < -0.39 is 24.0 Å². The minimum atomic E-state index is -1.15. The highest BCUT2D eigenvalue weighted by Crippen LogP contribution is 2.12. The van der Waals surface area contributed by atoms with E-state index in [1.165, 1.54) is 0 Å². The van der Waals surface area contributed by atoms with Crippen molar-refractivity contribution in [2.45, 2.75) is 31.5 Å². The summed E-state index contributed by atoms with van der Waals surface area (Å²) in [6, 6.07) is -1.57. The average Bonchev–Trinajstić information content (AvgIpc) is 2.85. The van der Waals surface area contributed by atoms with E-state index in [1.807, 2.05) is 0 Å². The van der Waals surface area contributed by atoms with E-state index in [4.69, 9.17) is 10.2 Å². The SMILES string of the molecule is O=C(O)C(CCO)NC(=O)C1Cc2nc[nH]c2CN1. The first-order valence-corrected chi connectivity index (χ1v) is 6.00. The number of carboxylic acid groups (broad SMARTS) is 1.